The molecule has 21 heavy (non-hydrogen) atoms. The molecule has 0 unspecified atom stereocenters. The smallest absolute Gasteiger partial charge is 0.410 e. The molecule has 1 aromatic heterocycles. The normalized spacial score (nSPS) is 23.0. The van der Waals surface area contributed by atoms with Crippen molar-refractivity contribution in [3.8, 4) is 0 Å². The molecule has 116 valence electrons. The van der Waals surface area contributed by atoms with Gasteiger partial charge in [-0.2, -0.15) is 0 Å². The van der Waals surface area contributed by atoms with Gasteiger partial charge in [-0.1, -0.05) is 24.6 Å². The van der Waals surface area contributed by atoms with E-state index in [9.17, 15) is 4.79 Å². The lowest BCUT2D eigenvalue weighted by atomic mass is 9.84. The van der Waals surface area contributed by atoms with Crippen LogP contribution in [0.3, 0.4) is 0 Å². The molecular formula is C16H23ClN2O2. The molecule has 1 fully saturated rings. The first-order valence-electron chi connectivity index (χ1n) is 7.36. The molecule has 2 heterocycles. The van der Waals surface area contributed by atoms with Crippen molar-refractivity contribution in [3.05, 3.63) is 29.0 Å². The standard InChI is InChI=1S/C16H23ClN2O2/c1-11-10-19(15(20)21-16(2,3)4)9-8-12(11)13-6-5-7-14(17)18-13/h5-7,11-12H,8-10H2,1-4H3/t11-,12-/m0/s1. The maximum absolute atomic E-state index is 12.1. The van der Waals surface area contributed by atoms with Crippen LogP contribution in [0.1, 0.15) is 45.7 Å². The number of pyridine rings is 1. The molecule has 0 saturated carbocycles. The van der Waals surface area contributed by atoms with Crippen molar-refractivity contribution in [2.24, 2.45) is 5.92 Å². The van der Waals surface area contributed by atoms with Crippen LogP contribution in [0.4, 0.5) is 4.79 Å². The quantitative estimate of drug-likeness (QED) is 0.734. The molecule has 1 saturated heterocycles. The van der Waals surface area contributed by atoms with E-state index >= 15 is 0 Å². The molecule has 1 aliphatic rings. The van der Waals surface area contributed by atoms with Crippen LogP contribution >= 0.6 is 11.6 Å². The van der Waals surface area contributed by atoms with Gasteiger partial charge in [0.05, 0.1) is 0 Å². The monoisotopic (exact) mass is 310 g/mol. The fourth-order valence-electron chi connectivity index (χ4n) is 2.71. The van der Waals surface area contributed by atoms with Crippen molar-refractivity contribution in [3.63, 3.8) is 0 Å². The SMILES string of the molecule is C[C@H]1CN(C(=O)OC(C)(C)C)CC[C@@H]1c1cccc(Cl)n1. The maximum Gasteiger partial charge on any atom is 0.410 e. The molecule has 5 heteroatoms. The number of nitrogens with zero attached hydrogens (tertiary/aromatic N) is 2. The van der Waals surface area contributed by atoms with Crippen LogP contribution in [0.2, 0.25) is 5.15 Å². The highest BCUT2D eigenvalue weighted by molar-refractivity contribution is 6.29. The highest BCUT2D eigenvalue weighted by atomic mass is 35.5. The molecule has 1 amide bonds. The Kier molecular flexibility index (Phi) is 4.77. The molecule has 4 nitrogen and oxygen atoms in total. The minimum Gasteiger partial charge on any atom is -0.444 e. The zero-order valence-electron chi connectivity index (χ0n) is 13.1. The number of hydrogen-bond donors (Lipinski definition) is 0. The van der Waals surface area contributed by atoms with Gasteiger partial charge in [0.2, 0.25) is 0 Å². The predicted molar refractivity (Wildman–Crippen MR) is 83.6 cm³/mol. The van der Waals surface area contributed by atoms with E-state index in [1.165, 1.54) is 0 Å². The number of ether oxygens (including phenoxy) is 1. The number of hydrogen-bond acceptors (Lipinski definition) is 3. The second kappa shape index (κ2) is 6.22. The fourth-order valence-corrected chi connectivity index (χ4v) is 2.88. The van der Waals surface area contributed by atoms with Crippen LogP contribution in [0.5, 0.6) is 0 Å². The van der Waals surface area contributed by atoms with E-state index in [4.69, 9.17) is 16.3 Å². The largest absolute Gasteiger partial charge is 0.444 e. The molecule has 0 aliphatic carbocycles. The molecule has 1 aromatic rings. The Morgan fingerprint density at radius 2 is 2.14 bits per heavy atom. The van der Waals surface area contributed by atoms with Crippen molar-refractivity contribution in [2.75, 3.05) is 13.1 Å². The molecule has 0 bridgehead atoms. The van der Waals surface area contributed by atoms with Gasteiger partial charge >= 0.3 is 6.09 Å². The Morgan fingerprint density at radius 3 is 2.71 bits per heavy atom. The van der Waals surface area contributed by atoms with Gasteiger partial charge in [0.1, 0.15) is 10.8 Å². The first-order chi connectivity index (χ1) is 9.76. The average Bonchev–Trinajstić information content (AvgIpc) is 2.36. The highest BCUT2D eigenvalue weighted by Gasteiger charge is 2.32. The van der Waals surface area contributed by atoms with Gasteiger partial charge in [0.15, 0.2) is 0 Å². The number of piperidine rings is 1. The van der Waals surface area contributed by atoms with E-state index in [2.05, 4.69) is 11.9 Å². The van der Waals surface area contributed by atoms with Gasteiger partial charge in [-0.25, -0.2) is 9.78 Å². The zero-order valence-corrected chi connectivity index (χ0v) is 13.9. The molecule has 2 rings (SSSR count). The fraction of sp³-hybridized carbons (Fsp3) is 0.625. The topological polar surface area (TPSA) is 42.4 Å². The van der Waals surface area contributed by atoms with E-state index in [1.807, 2.05) is 32.9 Å². The van der Waals surface area contributed by atoms with Gasteiger partial charge in [-0.3, -0.25) is 0 Å². The summed E-state index contributed by atoms with van der Waals surface area (Å²) in [6.45, 7) is 9.18. The Labute approximate surface area is 131 Å². The number of likely N-dealkylation sites (tertiary alicyclic amines) is 1. The van der Waals surface area contributed by atoms with E-state index in [0.29, 0.717) is 30.1 Å². The van der Waals surface area contributed by atoms with Gasteiger partial charge in [0, 0.05) is 24.7 Å². The molecule has 0 radical (unpaired) electrons. The van der Waals surface area contributed by atoms with Gasteiger partial charge in [0.25, 0.3) is 0 Å². The number of carbonyl (C=O) groups excluding carboxylic acids is 1. The highest BCUT2D eigenvalue weighted by Crippen LogP contribution is 2.32. The van der Waals surface area contributed by atoms with Crippen LogP contribution in [0.25, 0.3) is 0 Å². The zero-order chi connectivity index (χ0) is 15.6. The molecular weight excluding hydrogens is 288 g/mol. The van der Waals surface area contributed by atoms with Crippen molar-refractivity contribution in [1.29, 1.82) is 0 Å². The Bertz CT molecular complexity index is 513. The number of halogens is 1. The first kappa shape index (κ1) is 16.1. The minimum absolute atomic E-state index is 0.230. The minimum atomic E-state index is -0.453. The summed E-state index contributed by atoms with van der Waals surface area (Å²) in [5.41, 5.74) is 0.560. The Balaban J connectivity index is 2.01. The van der Waals surface area contributed by atoms with Gasteiger partial charge < -0.3 is 9.64 Å². The first-order valence-corrected chi connectivity index (χ1v) is 7.74. The molecule has 1 aliphatic heterocycles. The third-order valence-electron chi connectivity index (χ3n) is 3.67. The van der Waals surface area contributed by atoms with Crippen molar-refractivity contribution >= 4 is 17.7 Å². The summed E-state index contributed by atoms with van der Waals surface area (Å²) in [5, 5.41) is 0.522. The summed E-state index contributed by atoms with van der Waals surface area (Å²) < 4.78 is 5.44. The number of amides is 1. The summed E-state index contributed by atoms with van der Waals surface area (Å²) in [7, 11) is 0. The van der Waals surface area contributed by atoms with Crippen LogP contribution in [0, 0.1) is 5.92 Å². The Hall–Kier alpha value is -1.29. The summed E-state index contributed by atoms with van der Waals surface area (Å²) in [6, 6.07) is 5.72. The van der Waals surface area contributed by atoms with Crippen molar-refractivity contribution in [1.82, 2.24) is 9.88 Å². The number of carbonyl (C=O) groups is 1. The van der Waals surface area contributed by atoms with Crippen LogP contribution in [-0.2, 0) is 4.74 Å². The average molecular weight is 311 g/mol. The summed E-state index contributed by atoms with van der Waals surface area (Å²) in [5.74, 6) is 0.666. The lowest BCUT2D eigenvalue weighted by molar-refractivity contribution is 0.0154. The van der Waals surface area contributed by atoms with Crippen LogP contribution < -0.4 is 0 Å². The lowest BCUT2D eigenvalue weighted by Crippen LogP contribution is -2.44. The third kappa shape index (κ3) is 4.34. The third-order valence-corrected chi connectivity index (χ3v) is 3.88. The maximum atomic E-state index is 12.1. The number of rotatable bonds is 1. The van der Waals surface area contributed by atoms with Crippen molar-refractivity contribution < 1.29 is 9.53 Å². The molecule has 0 spiro atoms. The molecule has 2 atom stereocenters. The van der Waals surface area contributed by atoms with E-state index in [0.717, 1.165) is 12.1 Å². The van der Waals surface area contributed by atoms with Gasteiger partial charge in [-0.15, -0.1) is 0 Å². The van der Waals surface area contributed by atoms with E-state index in [1.54, 1.807) is 11.0 Å². The van der Waals surface area contributed by atoms with Crippen LogP contribution in [0.15, 0.2) is 18.2 Å². The lowest BCUT2D eigenvalue weighted by Gasteiger charge is -2.37. The van der Waals surface area contributed by atoms with Crippen molar-refractivity contribution in [2.45, 2.75) is 45.6 Å². The second-order valence-corrected chi connectivity index (χ2v) is 7.07. The summed E-state index contributed by atoms with van der Waals surface area (Å²) >= 11 is 5.97. The predicted octanol–water partition coefficient (Wildman–Crippen LogP) is 4.10. The van der Waals surface area contributed by atoms with Crippen LogP contribution in [-0.4, -0.2) is 34.7 Å². The second-order valence-electron chi connectivity index (χ2n) is 6.68. The molecule has 0 aromatic carbocycles. The number of aromatic nitrogens is 1. The van der Waals surface area contributed by atoms with E-state index in [-0.39, 0.29) is 6.09 Å². The summed E-state index contributed by atoms with van der Waals surface area (Å²) in [4.78, 5) is 18.3. The Morgan fingerprint density at radius 1 is 1.43 bits per heavy atom. The molecule has 0 N–H and O–H groups in total. The van der Waals surface area contributed by atoms with E-state index < -0.39 is 5.60 Å². The van der Waals surface area contributed by atoms with Gasteiger partial charge in [-0.05, 0) is 45.2 Å². The summed E-state index contributed by atoms with van der Waals surface area (Å²) in [6.07, 6.45) is 0.653.